The number of benzene rings is 9. The number of non-ortho nitro benzene ring substituents is 1. The van der Waals surface area contributed by atoms with Crippen molar-refractivity contribution in [3.8, 4) is 23.0 Å². The number of nitrogens with one attached hydrogen (secondary N) is 1. The van der Waals surface area contributed by atoms with E-state index in [4.69, 9.17) is 32.7 Å². The largest absolute Gasteiger partial charge is 0.508 e. The lowest BCUT2D eigenvalue weighted by atomic mass is 10.0. The number of rotatable bonds is 17. The van der Waals surface area contributed by atoms with Crippen LogP contribution in [0.1, 0.15) is 16.7 Å². The van der Waals surface area contributed by atoms with Crippen molar-refractivity contribution in [3.63, 3.8) is 0 Å². The fourth-order valence-electron chi connectivity index (χ4n) is 8.19. The number of azo groups is 3. The van der Waals surface area contributed by atoms with Crippen molar-refractivity contribution >= 4 is 148 Å². The van der Waals surface area contributed by atoms with Crippen LogP contribution in [0.5, 0.6) is 23.0 Å². The Morgan fingerprint density at radius 1 is 0.527 bits per heavy atom. The van der Waals surface area contributed by atoms with Crippen LogP contribution in [0.4, 0.5) is 73.9 Å². The third-order valence-electron chi connectivity index (χ3n) is 13.0. The number of hydrogen-bond donors (Lipinski definition) is 13. The van der Waals surface area contributed by atoms with Gasteiger partial charge in [-0.3, -0.25) is 38.6 Å². The number of fused-ring (bicyclic) bond motifs is 2. The van der Waals surface area contributed by atoms with Crippen LogP contribution in [0.2, 0.25) is 0 Å². The number of aromatic hydroxyl groups is 4. The molecule has 0 amide bonds. The number of anilines is 5. The highest BCUT2D eigenvalue weighted by Crippen LogP contribution is 2.47. The third kappa shape index (κ3) is 16.2. The van der Waals surface area contributed by atoms with Gasteiger partial charge in [-0.1, -0.05) is 23.2 Å². The summed E-state index contributed by atoms with van der Waals surface area (Å²) in [7, 11) is -17.9. The van der Waals surface area contributed by atoms with Gasteiger partial charge in [-0.25, -0.2) is 13.7 Å². The average Bonchev–Trinajstić information content (AvgIpc) is 0.757. The topological polar surface area (TPSA) is 593 Å². The van der Waals surface area contributed by atoms with Gasteiger partial charge in [0.05, 0.1) is 61.3 Å². The number of phenolic OH excluding ortho intramolecular Hbond substituents is 4. The first-order valence-electron chi connectivity index (χ1n) is 25.2. The standard InChI is InChI=1S/C29H26N8O12S4.C13H10N4O7.C11H11NO3S/c1-14-23(50-49-48-39)10-15-11-25(53(45,46)47)28(27(32)26(15)29(14)38)36-34-17-6-8-19(9-7-17)51(40,41)37-18-4-2-16(3-5-18)33-35-22-13-24(52(42,43)44)21(31)12-20(22)30;1-6-11(18)3-2-8(12(6)19)14-15-9-4-7(16(21)22)5-10(13(9)20)17(23)24;1-7-8-3-2-4-11(16(13,14)15)9(8)5-6-10(7)12/h2-13,37-39H,30-32H2,1H3,(H,42,43,44)(H,45,46,47);2-5,18-20H,1H3;2-6H,12H2,1H3,(H,13,14,15). The van der Waals surface area contributed by atoms with E-state index < -0.39 is 94.3 Å². The summed E-state index contributed by atoms with van der Waals surface area (Å²) in [5.41, 5.74) is 22.1. The summed E-state index contributed by atoms with van der Waals surface area (Å²) in [6.07, 6.45) is 0. The molecular formula is C53H47N13O22S5. The van der Waals surface area contributed by atoms with Crippen molar-refractivity contribution < 1.29 is 92.2 Å². The van der Waals surface area contributed by atoms with Crippen LogP contribution in [0, 0.1) is 41.0 Å². The summed E-state index contributed by atoms with van der Waals surface area (Å²) in [6, 6.07) is 26.7. The Labute approximate surface area is 528 Å². The fraction of sp³-hybridized carbons (Fsp3) is 0.0566. The molecule has 9 rings (SSSR count). The van der Waals surface area contributed by atoms with Crippen LogP contribution in [0.25, 0.3) is 21.5 Å². The number of nitro benzene ring substituents is 2. The van der Waals surface area contributed by atoms with E-state index in [0.717, 1.165) is 35.2 Å². The highest BCUT2D eigenvalue weighted by Gasteiger charge is 2.27. The second-order valence-electron chi connectivity index (χ2n) is 19.0. The summed E-state index contributed by atoms with van der Waals surface area (Å²) in [6.45, 7) is 4.71. The number of nitro groups is 2. The number of sulfonamides is 1. The Balaban J connectivity index is 0.000000249. The fourth-order valence-corrected chi connectivity index (χ4v) is 11.7. The molecule has 0 aliphatic carbocycles. The Hall–Kier alpha value is -10.8. The van der Waals surface area contributed by atoms with Crippen LogP contribution >= 0.6 is 12.0 Å². The Bertz CT molecular complexity index is 5070. The number of nitrogen functional groups attached to an aromatic ring is 4. The molecule has 0 saturated carbocycles. The molecule has 0 bridgehead atoms. The molecule has 0 aliphatic heterocycles. The number of aryl methyl sites for hydroxylation is 1. The van der Waals surface area contributed by atoms with Gasteiger partial charge in [0, 0.05) is 44.2 Å². The van der Waals surface area contributed by atoms with Crippen molar-refractivity contribution in [1.82, 2.24) is 0 Å². The van der Waals surface area contributed by atoms with Gasteiger partial charge < -0.3 is 43.4 Å². The van der Waals surface area contributed by atoms with E-state index in [9.17, 15) is 83.4 Å². The molecule has 0 unspecified atom stereocenters. The molecule has 0 saturated heterocycles. The molecule has 9 aromatic carbocycles. The number of phenols is 4. The predicted molar refractivity (Wildman–Crippen MR) is 335 cm³/mol. The molecule has 0 atom stereocenters. The normalized spacial score (nSPS) is 12.0. The first-order chi connectivity index (χ1) is 43.4. The smallest absolute Gasteiger partial charge is 0.319 e. The highest BCUT2D eigenvalue weighted by atomic mass is 32.2. The van der Waals surface area contributed by atoms with Crippen molar-refractivity contribution in [3.05, 3.63) is 164 Å². The minimum Gasteiger partial charge on any atom is -0.508 e. The third-order valence-corrected chi connectivity index (χ3v) is 17.8. The Morgan fingerprint density at radius 3 is 1.71 bits per heavy atom. The summed E-state index contributed by atoms with van der Waals surface area (Å²) in [5, 5.41) is 97.6. The van der Waals surface area contributed by atoms with Crippen LogP contribution in [-0.4, -0.2) is 82.9 Å². The Morgan fingerprint density at radius 2 is 1.12 bits per heavy atom. The maximum Gasteiger partial charge on any atom is 0.319 e. The first-order valence-corrected chi connectivity index (χ1v) is 31.8. The second-order valence-corrected chi connectivity index (χ2v) is 25.6. The number of nitrogens with two attached hydrogens (primary N) is 4. The molecule has 0 radical (unpaired) electrons. The zero-order chi connectivity index (χ0) is 68.8. The van der Waals surface area contributed by atoms with Crippen LogP contribution in [-0.2, 0) is 49.7 Å². The van der Waals surface area contributed by atoms with Gasteiger partial charge in [-0.05, 0) is 134 Å². The molecule has 0 aliphatic rings. The average molecular weight is 1380 g/mol. The Kier molecular flexibility index (Phi) is 20.8. The molecule has 0 fully saturated rings. The summed E-state index contributed by atoms with van der Waals surface area (Å²) >= 11 is 0.505. The minimum atomic E-state index is -4.94. The van der Waals surface area contributed by atoms with Gasteiger partial charge in [0.1, 0.15) is 54.7 Å². The van der Waals surface area contributed by atoms with Gasteiger partial charge in [-0.2, -0.15) is 35.5 Å². The quantitative estimate of drug-likeness (QED) is 0.00766. The van der Waals surface area contributed by atoms with E-state index in [1.54, 1.807) is 24.3 Å². The van der Waals surface area contributed by atoms with Gasteiger partial charge in [-0.15, -0.1) is 24.8 Å². The minimum absolute atomic E-state index is 0.0107. The summed E-state index contributed by atoms with van der Waals surface area (Å²) in [4.78, 5) is 18.4. The first kappa shape index (κ1) is 69.7. The molecule has 17 N–H and O–H groups in total. The highest BCUT2D eigenvalue weighted by molar-refractivity contribution is 7.94. The van der Waals surface area contributed by atoms with Gasteiger partial charge in [0.25, 0.3) is 46.1 Å². The molecule has 0 heterocycles. The lowest BCUT2D eigenvalue weighted by molar-refractivity contribution is -0.432. The van der Waals surface area contributed by atoms with E-state index in [2.05, 4.69) is 44.8 Å². The molecule has 93 heavy (non-hydrogen) atoms. The zero-order valence-electron chi connectivity index (χ0n) is 47.3. The van der Waals surface area contributed by atoms with E-state index in [-0.39, 0.29) is 93.6 Å². The van der Waals surface area contributed by atoms with Crippen LogP contribution < -0.4 is 27.7 Å². The van der Waals surface area contributed by atoms with Crippen molar-refractivity contribution in [1.29, 1.82) is 0 Å². The maximum atomic E-state index is 13.1. The van der Waals surface area contributed by atoms with Crippen LogP contribution in [0.3, 0.4) is 0 Å². The monoisotopic (exact) mass is 1380 g/mol. The molecule has 486 valence electrons. The van der Waals surface area contributed by atoms with Gasteiger partial charge >= 0.3 is 5.69 Å². The molecule has 35 nitrogen and oxygen atoms in total. The number of nitrogens with zero attached hydrogens (tertiary/aromatic N) is 8. The van der Waals surface area contributed by atoms with Gasteiger partial charge in [0.2, 0.25) is 5.75 Å². The van der Waals surface area contributed by atoms with E-state index in [1.165, 1.54) is 86.6 Å². The van der Waals surface area contributed by atoms with Crippen molar-refractivity contribution in [2.45, 2.75) is 45.2 Å². The number of hydrogen-bond acceptors (Lipinski definition) is 30. The molecule has 0 aromatic heterocycles. The predicted octanol–water partition coefficient (Wildman–Crippen LogP) is 11.5. The van der Waals surface area contributed by atoms with Crippen LogP contribution in [0.15, 0.2) is 183 Å². The molecule has 9 aromatic rings. The summed E-state index contributed by atoms with van der Waals surface area (Å²) in [5.74, 6) is -1.86. The maximum absolute atomic E-state index is 13.1. The lowest BCUT2D eigenvalue weighted by Gasteiger charge is -2.14. The SMILES string of the molecule is Cc1c(N)ccc2c(S(=O)(=O)O)cccc12.Cc1c(O)ccc(N=Nc2cc([N+](=O)[O-])cc([N+](=O)[O-])c2O)c1O.Cc1c(SOOO)cc2cc(S(=O)(=O)O)c(N=Nc3ccc(S(=O)(=O)Nc4ccc(N=Nc5cc(S(=O)(=O)O)c(N)cc5N)cc4)cc3)c(N)c2c1O. The van der Waals surface area contributed by atoms with E-state index in [1.807, 2.05) is 6.92 Å². The van der Waals surface area contributed by atoms with Gasteiger partial charge in [0.15, 0.2) is 0 Å². The molecule has 0 spiro atoms. The summed E-state index contributed by atoms with van der Waals surface area (Å²) < 4.78 is 131. The zero-order valence-corrected chi connectivity index (χ0v) is 51.4. The van der Waals surface area contributed by atoms with E-state index in [0.29, 0.717) is 29.2 Å². The van der Waals surface area contributed by atoms with Crippen molar-refractivity contribution in [2.24, 2.45) is 30.7 Å². The molecule has 40 heteroatoms. The second kappa shape index (κ2) is 27.8. The van der Waals surface area contributed by atoms with Crippen molar-refractivity contribution in [2.75, 3.05) is 27.7 Å². The molecular weight excluding hydrogens is 1330 g/mol. The van der Waals surface area contributed by atoms with E-state index >= 15 is 0 Å². The lowest BCUT2D eigenvalue weighted by Crippen LogP contribution is -2.12.